The van der Waals surface area contributed by atoms with Crippen LogP contribution in [0.4, 0.5) is 0 Å². The van der Waals surface area contributed by atoms with Crippen LogP contribution in [-0.2, 0) is 9.84 Å². The van der Waals surface area contributed by atoms with E-state index < -0.39 is 15.1 Å². The predicted molar refractivity (Wildman–Crippen MR) is 56.6 cm³/mol. The van der Waals surface area contributed by atoms with Crippen molar-refractivity contribution in [1.82, 2.24) is 5.32 Å². The fourth-order valence-electron chi connectivity index (χ4n) is 1.21. The van der Waals surface area contributed by atoms with E-state index in [0.717, 1.165) is 12.1 Å². The molecular formula is C9H19NO2S. The molecule has 2 atom stereocenters. The van der Waals surface area contributed by atoms with Crippen LogP contribution in [0, 0.1) is 0 Å². The highest BCUT2D eigenvalue weighted by Gasteiger charge is 2.25. The Morgan fingerprint density at radius 3 is 2.23 bits per heavy atom. The summed E-state index contributed by atoms with van der Waals surface area (Å²) in [5, 5.41) is 2.70. The molecule has 1 N–H and O–H groups in total. The number of nitrogens with one attached hydrogen (secondary N) is 1. The number of sulfone groups is 1. The zero-order valence-corrected chi connectivity index (χ0v) is 9.61. The Morgan fingerprint density at radius 2 is 2.00 bits per heavy atom. The second-order valence-corrected chi connectivity index (χ2v) is 5.82. The lowest BCUT2D eigenvalue weighted by atomic mass is 10.1. The highest BCUT2D eigenvalue weighted by atomic mass is 32.2. The Morgan fingerprint density at radius 1 is 1.54 bits per heavy atom. The van der Waals surface area contributed by atoms with Crippen LogP contribution >= 0.6 is 0 Å². The van der Waals surface area contributed by atoms with Gasteiger partial charge in [-0.1, -0.05) is 19.1 Å². The van der Waals surface area contributed by atoms with Crippen LogP contribution in [0.1, 0.15) is 20.8 Å². The molecule has 0 aliphatic rings. The van der Waals surface area contributed by atoms with E-state index in [1.807, 2.05) is 13.8 Å². The van der Waals surface area contributed by atoms with Gasteiger partial charge in [-0.15, -0.1) is 0 Å². The molecule has 0 saturated heterocycles. The van der Waals surface area contributed by atoms with Crippen LogP contribution < -0.4 is 5.32 Å². The van der Waals surface area contributed by atoms with E-state index in [2.05, 4.69) is 11.9 Å². The second-order valence-electron chi connectivity index (χ2n) is 3.42. The molecule has 13 heavy (non-hydrogen) atoms. The monoisotopic (exact) mass is 205 g/mol. The minimum Gasteiger partial charge on any atom is -0.309 e. The van der Waals surface area contributed by atoms with Crippen molar-refractivity contribution in [2.24, 2.45) is 0 Å². The summed E-state index contributed by atoms with van der Waals surface area (Å²) in [6, 6.07) is -0.139. The lowest BCUT2D eigenvalue weighted by Gasteiger charge is -2.23. The quantitative estimate of drug-likeness (QED) is 0.680. The summed E-state index contributed by atoms with van der Waals surface area (Å²) >= 11 is 0. The van der Waals surface area contributed by atoms with Gasteiger partial charge < -0.3 is 5.32 Å². The van der Waals surface area contributed by atoms with Crippen molar-refractivity contribution < 1.29 is 8.42 Å². The lowest BCUT2D eigenvalue weighted by Crippen LogP contribution is -2.42. The molecule has 0 saturated carbocycles. The second kappa shape index (κ2) is 4.77. The molecule has 0 aromatic carbocycles. The average molecular weight is 205 g/mol. The smallest absolute Gasteiger partial charge is 0.151 e. The molecular weight excluding hydrogens is 186 g/mol. The first-order valence-corrected chi connectivity index (χ1v) is 6.33. The van der Waals surface area contributed by atoms with Gasteiger partial charge in [0.05, 0.1) is 5.25 Å². The lowest BCUT2D eigenvalue weighted by molar-refractivity contribution is 0.538. The van der Waals surface area contributed by atoms with Crippen molar-refractivity contribution in [1.29, 1.82) is 0 Å². The van der Waals surface area contributed by atoms with Crippen LogP contribution in [0.3, 0.4) is 0 Å². The predicted octanol–water partition coefficient (Wildman–Crippen LogP) is 0.974. The fourth-order valence-corrected chi connectivity index (χ4v) is 2.03. The van der Waals surface area contributed by atoms with Crippen LogP contribution in [-0.4, -0.2) is 32.5 Å². The van der Waals surface area contributed by atoms with Crippen molar-refractivity contribution >= 4 is 9.84 Å². The van der Waals surface area contributed by atoms with E-state index in [4.69, 9.17) is 0 Å². The Bertz CT molecular complexity index is 269. The van der Waals surface area contributed by atoms with Crippen LogP contribution in [0.15, 0.2) is 12.2 Å². The number of rotatable bonds is 5. The number of hydrogen-bond acceptors (Lipinski definition) is 3. The van der Waals surface area contributed by atoms with Crippen LogP contribution in [0.2, 0.25) is 0 Å². The van der Waals surface area contributed by atoms with Gasteiger partial charge in [0.2, 0.25) is 0 Å². The first kappa shape index (κ1) is 12.7. The van der Waals surface area contributed by atoms with Gasteiger partial charge in [-0.25, -0.2) is 8.42 Å². The van der Waals surface area contributed by atoms with Crippen molar-refractivity contribution in [2.45, 2.75) is 32.1 Å². The molecule has 0 amide bonds. The summed E-state index contributed by atoms with van der Waals surface area (Å²) < 4.78 is 22.5. The van der Waals surface area contributed by atoms with E-state index in [0.29, 0.717) is 0 Å². The topological polar surface area (TPSA) is 46.2 Å². The number of likely N-dealkylation sites (N-methyl/N-ethyl adjacent to an activating group) is 1. The summed E-state index contributed by atoms with van der Waals surface area (Å²) in [6.07, 6.45) is 1.25. The molecule has 0 heterocycles. The average Bonchev–Trinajstić information content (AvgIpc) is 1.96. The first-order chi connectivity index (χ1) is 5.80. The summed E-state index contributed by atoms with van der Waals surface area (Å²) in [5.41, 5.74) is 0.861. The van der Waals surface area contributed by atoms with Gasteiger partial charge in [0.1, 0.15) is 0 Å². The maximum atomic E-state index is 11.3. The third-order valence-electron chi connectivity index (χ3n) is 2.10. The van der Waals surface area contributed by atoms with E-state index in [1.165, 1.54) is 6.26 Å². The van der Waals surface area contributed by atoms with E-state index in [1.54, 1.807) is 6.92 Å². The van der Waals surface area contributed by atoms with Gasteiger partial charge >= 0.3 is 0 Å². The fraction of sp³-hybridized carbons (Fsp3) is 0.778. The summed E-state index contributed by atoms with van der Waals surface area (Å²) in [6.45, 7) is 10.0. The molecule has 0 fully saturated rings. The molecule has 4 heteroatoms. The molecule has 0 spiro atoms. The van der Waals surface area contributed by atoms with Gasteiger partial charge in [-0.3, -0.25) is 0 Å². The van der Waals surface area contributed by atoms with Gasteiger partial charge in [-0.05, 0) is 20.4 Å². The van der Waals surface area contributed by atoms with E-state index in [-0.39, 0.29) is 6.04 Å². The highest BCUT2D eigenvalue weighted by molar-refractivity contribution is 7.91. The minimum atomic E-state index is -2.99. The van der Waals surface area contributed by atoms with Crippen molar-refractivity contribution in [3.05, 3.63) is 12.2 Å². The molecule has 0 bridgehead atoms. The van der Waals surface area contributed by atoms with Gasteiger partial charge in [0, 0.05) is 12.3 Å². The van der Waals surface area contributed by atoms with Crippen molar-refractivity contribution in [3.63, 3.8) is 0 Å². The third kappa shape index (κ3) is 3.91. The summed E-state index contributed by atoms with van der Waals surface area (Å²) in [7, 11) is -2.99. The molecule has 3 nitrogen and oxygen atoms in total. The Hall–Kier alpha value is -0.350. The van der Waals surface area contributed by atoms with Crippen molar-refractivity contribution in [3.8, 4) is 0 Å². The maximum Gasteiger partial charge on any atom is 0.151 e. The summed E-state index contributed by atoms with van der Waals surface area (Å²) in [5.74, 6) is 0. The van der Waals surface area contributed by atoms with Crippen LogP contribution in [0.5, 0.6) is 0 Å². The van der Waals surface area contributed by atoms with Gasteiger partial charge in [0.25, 0.3) is 0 Å². The zero-order valence-electron chi connectivity index (χ0n) is 8.79. The molecule has 0 aromatic rings. The molecule has 0 aliphatic heterocycles. The van der Waals surface area contributed by atoms with E-state index >= 15 is 0 Å². The third-order valence-corrected chi connectivity index (χ3v) is 3.72. The van der Waals surface area contributed by atoms with Crippen molar-refractivity contribution in [2.75, 3.05) is 12.8 Å². The molecule has 0 rings (SSSR count). The van der Waals surface area contributed by atoms with Gasteiger partial charge in [0.15, 0.2) is 9.84 Å². The van der Waals surface area contributed by atoms with Crippen LogP contribution in [0.25, 0.3) is 0 Å². The number of hydrogen-bond donors (Lipinski definition) is 1. The molecule has 0 radical (unpaired) electrons. The molecule has 0 aromatic heterocycles. The normalized spacial score (nSPS) is 16.6. The zero-order chi connectivity index (χ0) is 10.6. The Labute approximate surface area is 81.1 Å². The Balaban J connectivity index is 4.66. The Kier molecular flexibility index (Phi) is 4.64. The largest absolute Gasteiger partial charge is 0.309 e. The standard InChI is InChI=1S/C9H19NO2S/c1-6-10-9(7(2)3)8(4)13(5,11)12/h8-10H,2,6H2,1,3-5H3. The highest BCUT2D eigenvalue weighted by Crippen LogP contribution is 2.10. The molecule has 78 valence electrons. The SMILES string of the molecule is C=C(C)C(NCC)C(C)S(C)(=O)=O. The minimum absolute atomic E-state index is 0.139. The van der Waals surface area contributed by atoms with Gasteiger partial charge in [-0.2, -0.15) is 0 Å². The molecule has 2 unspecified atom stereocenters. The molecule has 0 aliphatic carbocycles. The first-order valence-electron chi connectivity index (χ1n) is 4.38. The van der Waals surface area contributed by atoms with E-state index in [9.17, 15) is 8.42 Å². The maximum absolute atomic E-state index is 11.3. The summed E-state index contributed by atoms with van der Waals surface area (Å²) in [4.78, 5) is 0.